The number of halogens is 4. The summed E-state index contributed by atoms with van der Waals surface area (Å²) in [4.78, 5) is 34.8. The van der Waals surface area contributed by atoms with Gasteiger partial charge >= 0.3 is 12.1 Å². The lowest BCUT2D eigenvalue weighted by atomic mass is 10.1. The number of allylic oxidation sites excluding steroid dienone is 2. The number of hydrogen-bond donors (Lipinski definition) is 1. The lowest BCUT2D eigenvalue weighted by Crippen LogP contribution is -2.40. The van der Waals surface area contributed by atoms with Crippen LogP contribution in [0.3, 0.4) is 0 Å². The van der Waals surface area contributed by atoms with Crippen molar-refractivity contribution in [1.29, 1.82) is 0 Å². The maximum atomic E-state index is 13.5. The number of alkyl halides is 3. The highest BCUT2D eigenvalue weighted by molar-refractivity contribution is 5.72. The molecule has 38 heavy (non-hydrogen) atoms. The van der Waals surface area contributed by atoms with Crippen LogP contribution in [0.25, 0.3) is 11.2 Å². The zero-order valence-electron chi connectivity index (χ0n) is 20.1. The predicted octanol–water partition coefficient (Wildman–Crippen LogP) is 2.52. The van der Waals surface area contributed by atoms with Crippen LogP contribution < -0.4 is 16.0 Å². The normalized spacial score (nSPS) is 18.5. The molecule has 2 aliphatic rings. The van der Waals surface area contributed by atoms with E-state index in [1.165, 1.54) is 35.9 Å². The first kappa shape index (κ1) is 25.7. The van der Waals surface area contributed by atoms with Crippen molar-refractivity contribution in [2.24, 2.45) is 7.05 Å². The first-order valence-electron chi connectivity index (χ1n) is 11.8. The molecule has 5 rings (SSSR count). The molecule has 10 nitrogen and oxygen atoms in total. The van der Waals surface area contributed by atoms with Crippen molar-refractivity contribution in [3.8, 4) is 6.01 Å². The van der Waals surface area contributed by atoms with Crippen molar-refractivity contribution < 1.29 is 32.1 Å². The standard InChI is InChI=1S/C24H23F4N5O5/c1-31-19-18(20(34)32(22(31)35)10-9-23(36)7-8-23)33(13-15-6-5-14(25)12-29-15)21(30-19)37-16-3-2-4-17(11-16)38-24(26,27)28/h2-6,12,16,36H,7-11,13H2,1H3. The van der Waals surface area contributed by atoms with Gasteiger partial charge in [-0.2, -0.15) is 4.98 Å². The first-order valence-corrected chi connectivity index (χ1v) is 11.8. The molecule has 3 aromatic rings. The van der Waals surface area contributed by atoms with Crippen LogP contribution in [-0.2, 0) is 24.9 Å². The molecule has 1 N–H and O–H groups in total. The first-order chi connectivity index (χ1) is 17.9. The summed E-state index contributed by atoms with van der Waals surface area (Å²) in [5.74, 6) is -0.944. The molecule has 3 heterocycles. The number of fused-ring (bicyclic) bond motifs is 1. The van der Waals surface area contributed by atoms with Gasteiger partial charge in [-0.15, -0.1) is 13.2 Å². The van der Waals surface area contributed by atoms with Gasteiger partial charge < -0.3 is 14.6 Å². The van der Waals surface area contributed by atoms with Crippen LogP contribution in [0.15, 0.2) is 51.9 Å². The third-order valence-electron chi connectivity index (χ3n) is 6.45. The van der Waals surface area contributed by atoms with Crippen molar-refractivity contribution in [1.82, 2.24) is 23.7 Å². The summed E-state index contributed by atoms with van der Waals surface area (Å²) >= 11 is 0. The zero-order valence-corrected chi connectivity index (χ0v) is 20.1. The van der Waals surface area contributed by atoms with Gasteiger partial charge in [-0.25, -0.2) is 9.18 Å². The molecule has 0 saturated heterocycles. The fourth-order valence-electron chi connectivity index (χ4n) is 4.22. The van der Waals surface area contributed by atoms with Gasteiger partial charge in [0, 0.05) is 20.0 Å². The molecule has 1 fully saturated rings. The number of imidazole rings is 1. The molecule has 1 saturated carbocycles. The Balaban J connectivity index is 1.56. The molecule has 2 aliphatic carbocycles. The third kappa shape index (κ3) is 5.35. The number of aromatic nitrogens is 5. The molecule has 0 aromatic carbocycles. The second-order valence-corrected chi connectivity index (χ2v) is 9.32. The van der Waals surface area contributed by atoms with Crippen LogP contribution >= 0.6 is 0 Å². The molecule has 0 aliphatic heterocycles. The summed E-state index contributed by atoms with van der Waals surface area (Å²) in [5.41, 5.74) is -1.93. The number of ether oxygens (including phenoxy) is 2. The smallest absolute Gasteiger partial charge is 0.457 e. The van der Waals surface area contributed by atoms with Gasteiger partial charge in [-0.05, 0) is 43.5 Å². The summed E-state index contributed by atoms with van der Waals surface area (Å²) in [6.07, 6.45) is 0.300. The average molecular weight is 537 g/mol. The predicted molar refractivity (Wildman–Crippen MR) is 125 cm³/mol. The SMILES string of the molecule is Cn1c(=O)n(CCC2(O)CC2)c(=O)c2c1nc(OC1C=CC=C(OC(F)(F)F)C1)n2Cc1ccc(F)cn1. The van der Waals surface area contributed by atoms with E-state index in [9.17, 15) is 32.3 Å². The van der Waals surface area contributed by atoms with Crippen molar-refractivity contribution in [3.63, 3.8) is 0 Å². The quantitative estimate of drug-likeness (QED) is 0.440. The number of aliphatic hydroxyl groups is 1. The Morgan fingerprint density at radius 2 is 1.97 bits per heavy atom. The Morgan fingerprint density at radius 3 is 2.63 bits per heavy atom. The van der Waals surface area contributed by atoms with Crippen molar-refractivity contribution >= 4 is 11.2 Å². The molecular formula is C24H23F4N5O5. The van der Waals surface area contributed by atoms with E-state index in [-0.39, 0.29) is 48.9 Å². The molecule has 202 valence electrons. The lowest BCUT2D eigenvalue weighted by Gasteiger charge is -2.21. The maximum Gasteiger partial charge on any atom is 0.572 e. The fraction of sp³-hybridized carbons (Fsp3) is 0.417. The van der Waals surface area contributed by atoms with Gasteiger partial charge in [0.25, 0.3) is 11.6 Å². The van der Waals surface area contributed by atoms with E-state index in [1.807, 2.05) is 0 Å². The maximum absolute atomic E-state index is 13.5. The van der Waals surface area contributed by atoms with E-state index >= 15 is 0 Å². The Hall–Kier alpha value is -3.94. The minimum Gasteiger partial charge on any atom is -0.457 e. The van der Waals surface area contributed by atoms with Gasteiger partial charge in [0.05, 0.1) is 24.0 Å². The van der Waals surface area contributed by atoms with Crippen LogP contribution in [0.1, 0.15) is 31.4 Å². The molecule has 0 amide bonds. The monoisotopic (exact) mass is 537 g/mol. The summed E-state index contributed by atoms with van der Waals surface area (Å²) < 4.78 is 65.0. The number of nitrogens with zero attached hydrogens (tertiary/aromatic N) is 5. The van der Waals surface area contributed by atoms with Gasteiger partial charge in [0.15, 0.2) is 11.2 Å². The fourth-order valence-corrected chi connectivity index (χ4v) is 4.22. The van der Waals surface area contributed by atoms with E-state index in [1.54, 1.807) is 0 Å². The molecule has 1 unspecified atom stereocenters. The van der Waals surface area contributed by atoms with E-state index < -0.39 is 35.1 Å². The van der Waals surface area contributed by atoms with Gasteiger partial charge in [0.1, 0.15) is 17.7 Å². The molecule has 3 aromatic heterocycles. The summed E-state index contributed by atoms with van der Waals surface area (Å²) in [5, 5.41) is 10.2. The molecule has 0 radical (unpaired) electrons. The zero-order chi connectivity index (χ0) is 27.2. The van der Waals surface area contributed by atoms with Gasteiger partial charge in [-0.1, -0.05) is 6.08 Å². The Morgan fingerprint density at radius 1 is 1.21 bits per heavy atom. The van der Waals surface area contributed by atoms with Crippen LogP contribution in [-0.4, -0.2) is 46.8 Å². The molecule has 14 heteroatoms. The molecule has 0 bridgehead atoms. The van der Waals surface area contributed by atoms with Crippen LogP contribution in [0.5, 0.6) is 6.01 Å². The Kier molecular flexibility index (Phi) is 6.37. The summed E-state index contributed by atoms with van der Waals surface area (Å²) in [7, 11) is 1.42. The van der Waals surface area contributed by atoms with Gasteiger partial charge in [0.2, 0.25) is 0 Å². The van der Waals surface area contributed by atoms with Crippen LogP contribution in [0.4, 0.5) is 17.6 Å². The summed E-state index contributed by atoms with van der Waals surface area (Å²) in [6, 6.07) is 2.42. The average Bonchev–Trinajstić information content (AvgIpc) is 3.48. The van der Waals surface area contributed by atoms with E-state index in [0.29, 0.717) is 18.5 Å². The number of rotatable bonds is 8. The number of aryl methyl sites for hydroxylation is 1. The summed E-state index contributed by atoms with van der Waals surface area (Å²) in [6.45, 7) is -0.135. The van der Waals surface area contributed by atoms with E-state index in [2.05, 4.69) is 14.7 Å². The number of pyridine rings is 1. The lowest BCUT2D eigenvalue weighted by molar-refractivity contribution is -0.307. The van der Waals surface area contributed by atoms with Crippen molar-refractivity contribution in [3.05, 3.63) is 74.7 Å². The highest BCUT2D eigenvalue weighted by Crippen LogP contribution is 2.38. The van der Waals surface area contributed by atoms with E-state index in [0.717, 1.165) is 21.4 Å². The van der Waals surface area contributed by atoms with Crippen molar-refractivity contribution in [2.45, 2.75) is 56.8 Å². The largest absolute Gasteiger partial charge is 0.572 e. The highest BCUT2D eigenvalue weighted by Gasteiger charge is 2.40. The Labute approximate surface area is 212 Å². The van der Waals surface area contributed by atoms with Crippen LogP contribution in [0, 0.1) is 5.82 Å². The molecular weight excluding hydrogens is 514 g/mol. The van der Waals surface area contributed by atoms with Gasteiger partial charge in [-0.3, -0.25) is 23.5 Å². The topological polar surface area (TPSA) is 113 Å². The van der Waals surface area contributed by atoms with Crippen LogP contribution in [0.2, 0.25) is 0 Å². The highest BCUT2D eigenvalue weighted by atomic mass is 19.4. The second kappa shape index (κ2) is 9.42. The van der Waals surface area contributed by atoms with Crippen molar-refractivity contribution in [2.75, 3.05) is 0 Å². The Bertz CT molecular complexity index is 1550. The second-order valence-electron chi connectivity index (χ2n) is 9.32. The van der Waals surface area contributed by atoms with E-state index in [4.69, 9.17) is 4.74 Å². The molecule has 0 spiro atoms. The minimum atomic E-state index is -4.88. The molecule has 1 atom stereocenters. The minimum absolute atomic E-state index is 0.0133. The number of hydrogen-bond acceptors (Lipinski definition) is 7. The third-order valence-corrected chi connectivity index (χ3v) is 6.45.